The molecule has 2 N–H and O–H groups in total. The SMILES string of the molecule is COc1ccc(C(Cc2cccc(N)c2)c2ccccc2)cc1OC1CCCC1.[I-].[Na+]. The summed E-state index contributed by atoms with van der Waals surface area (Å²) >= 11 is 0. The van der Waals surface area contributed by atoms with Crippen molar-refractivity contribution in [3.05, 3.63) is 89.5 Å². The van der Waals surface area contributed by atoms with Gasteiger partial charge in [0.25, 0.3) is 0 Å². The van der Waals surface area contributed by atoms with Gasteiger partial charge in [0.05, 0.1) is 13.2 Å². The van der Waals surface area contributed by atoms with Crippen LogP contribution >= 0.6 is 0 Å². The first-order chi connectivity index (χ1) is 14.2. The van der Waals surface area contributed by atoms with Crippen molar-refractivity contribution < 1.29 is 63.0 Å². The molecular formula is C26H29INNaO2. The first kappa shape index (κ1) is 26.0. The maximum absolute atomic E-state index is 6.35. The van der Waals surface area contributed by atoms with E-state index in [9.17, 15) is 0 Å². The zero-order chi connectivity index (χ0) is 20.1. The van der Waals surface area contributed by atoms with E-state index in [0.29, 0.717) is 6.10 Å². The fraction of sp³-hybridized carbons (Fsp3) is 0.308. The Balaban J connectivity index is 0.00000171. The monoisotopic (exact) mass is 537 g/mol. The molecule has 0 bridgehead atoms. The summed E-state index contributed by atoms with van der Waals surface area (Å²) in [5.41, 5.74) is 10.6. The number of anilines is 1. The van der Waals surface area contributed by atoms with Gasteiger partial charge in [-0.1, -0.05) is 48.5 Å². The van der Waals surface area contributed by atoms with Crippen molar-refractivity contribution in [3.63, 3.8) is 0 Å². The molecule has 31 heavy (non-hydrogen) atoms. The number of benzene rings is 3. The van der Waals surface area contributed by atoms with Crippen LogP contribution < -0.4 is 68.7 Å². The van der Waals surface area contributed by atoms with Crippen LogP contribution in [0.2, 0.25) is 0 Å². The minimum atomic E-state index is 0. The largest absolute Gasteiger partial charge is 1.00 e. The standard InChI is InChI=1S/C26H29NO2.HI.Na/c1-28-25-15-14-21(18-26(25)29-23-12-5-6-13-23)24(20-9-3-2-4-10-20)17-19-8-7-11-22(27)16-19;;/h2-4,7-11,14-16,18,23-24H,5-6,12-13,17,27H2,1H3;1H;/q;;+1/p-1. The van der Waals surface area contributed by atoms with Gasteiger partial charge < -0.3 is 39.2 Å². The second-order valence-corrected chi connectivity index (χ2v) is 7.85. The Hall–Kier alpha value is -1.21. The molecule has 3 nitrogen and oxygen atoms in total. The maximum atomic E-state index is 6.35. The Labute approximate surface area is 225 Å². The van der Waals surface area contributed by atoms with Gasteiger partial charge in [-0.25, -0.2) is 0 Å². The normalized spacial score (nSPS) is 14.2. The summed E-state index contributed by atoms with van der Waals surface area (Å²) in [6.07, 6.45) is 5.91. The molecule has 0 spiro atoms. The summed E-state index contributed by atoms with van der Waals surface area (Å²) in [6.45, 7) is 0. The molecule has 1 atom stereocenters. The Bertz CT molecular complexity index is 945. The molecule has 0 heterocycles. The Morgan fingerprint density at radius 1 is 0.871 bits per heavy atom. The smallest absolute Gasteiger partial charge is 1.00 e. The Morgan fingerprint density at radius 3 is 2.29 bits per heavy atom. The van der Waals surface area contributed by atoms with Crippen LogP contribution in [0.4, 0.5) is 5.69 Å². The van der Waals surface area contributed by atoms with Crippen LogP contribution in [0.5, 0.6) is 11.5 Å². The summed E-state index contributed by atoms with van der Waals surface area (Å²) in [7, 11) is 1.71. The van der Waals surface area contributed by atoms with Gasteiger partial charge in [0.1, 0.15) is 0 Å². The van der Waals surface area contributed by atoms with Crippen LogP contribution in [0, 0.1) is 0 Å². The van der Waals surface area contributed by atoms with Crippen molar-refractivity contribution in [1.82, 2.24) is 0 Å². The molecule has 158 valence electrons. The van der Waals surface area contributed by atoms with E-state index in [0.717, 1.165) is 36.4 Å². The first-order valence-corrected chi connectivity index (χ1v) is 10.5. The zero-order valence-corrected chi connectivity index (χ0v) is 22.5. The number of hydrogen-bond acceptors (Lipinski definition) is 3. The number of nitrogen functional groups attached to an aromatic ring is 1. The average molecular weight is 537 g/mol. The van der Waals surface area contributed by atoms with Crippen LogP contribution in [0.1, 0.15) is 48.3 Å². The van der Waals surface area contributed by atoms with Crippen LogP contribution in [0.25, 0.3) is 0 Å². The molecule has 1 aliphatic carbocycles. The van der Waals surface area contributed by atoms with Crippen molar-refractivity contribution in [2.45, 2.75) is 44.1 Å². The molecule has 1 unspecified atom stereocenters. The second-order valence-electron chi connectivity index (χ2n) is 7.85. The molecule has 0 radical (unpaired) electrons. The molecule has 1 saturated carbocycles. The zero-order valence-electron chi connectivity index (χ0n) is 18.4. The molecular weight excluding hydrogens is 508 g/mol. The van der Waals surface area contributed by atoms with Gasteiger partial charge in [0.2, 0.25) is 0 Å². The summed E-state index contributed by atoms with van der Waals surface area (Å²) in [4.78, 5) is 0. The van der Waals surface area contributed by atoms with Crippen LogP contribution in [-0.2, 0) is 6.42 Å². The molecule has 3 aromatic carbocycles. The van der Waals surface area contributed by atoms with E-state index in [-0.39, 0.29) is 59.5 Å². The molecule has 1 fully saturated rings. The van der Waals surface area contributed by atoms with Crippen LogP contribution in [-0.4, -0.2) is 13.2 Å². The third-order valence-electron chi connectivity index (χ3n) is 5.78. The molecule has 1 aliphatic rings. The van der Waals surface area contributed by atoms with Crippen molar-refractivity contribution >= 4 is 5.69 Å². The minimum absolute atomic E-state index is 0. The molecule has 5 heteroatoms. The summed E-state index contributed by atoms with van der Waals surface area (Å²) in [6, 6.07) is 25.2. The predicted octanol–water partition coefficient (Wildman–Crippen LogP) is -0.0186. The third-order valence-corrected chi connectivity index (χ3v) is 5.78. The van der Waals surface area contributed by atoms with Crippen molar-refractivity contribution in [2.24, 2.45) is 0 Å². The fourth-order valence-corrected chi connectivity index (χ4v) is 4.26. The van der Waals surface area contributed by atoms with Gasteiger partial charge >= 0.3 is 29.6 Å². The second kappa shape index (κ2) is 12.7. The van der Waals surface area contributed by atoms with E-state index in [4.69, 9.17) is 15.2 Å². The van der Waals surface area contributed by atoms with Gasteiger partial charge in [-0.05, 0) is 73.1 Å². The molecule has 3 aromatic rings. The summed E-state index contributed by atoms with van der Waals surface area (Å²) in [5.74, 6) is 1.87. The number of nitrogens with two attached hydrogens (primary N) is 1. The van der Waals surface area contributed by atoms with E-state index >= 15 is 0 Å². The van der Waals surface area contributed by atoms with E-state index in [1.807, 2.05) is 18.2 Å². The van der Waals surface area contributed by atoms with E-state index < -0.39 is 0 Å². The number of methoxy groups -OCH3 is 1. The van der Waals surface area contributed by atoms with E-state index in [1.54, 1.807) is 7.11 Å². The number of ether oxygens (including phenoxy) is 2. The Kier molecular flexibility index (Phi) is 10.7. The summed E-state index contributed by atoms with van der Waals surface area (Å²) in [5, 5.41) is 0. The molecule has 0 saturated heterocycles. The summed E-state index contributed by atoms with van der Waals surface area (Å²) < 4.78 is 11.9. The van der Waals surface area contributed by atoms with E-state index in [2.05, 4.69) is 54.6 Å². The topological polar surface area (TPSA) is 44.5 Å². The molecule has 0 amide bonds. The minimum Gasteiger partial charge on any atom is -1.00 e. The van der Waals surface area contributed by atoms with Crippen LogP contribution in [0.3, 0.4) is 0 Å². The van der Waals surface area contributed by atoms with Crippen molar-refractivity contribution in [3.8, 4) is 11.5 Å². The van der Waals surface area contributed by atoms with Crippen molar-refractivity contribution in [2.75, 3.05) is 12.8 Å². The number of hydrogen-bond donors (Lipinski definition) is 1. The van der Waals surface area contributed by atoms with Gasteiger partial charge in [-0.2, -0.15) is 0 Å². The van der Waals surface area contributed by atoms with Gasteiger partial charge in [0.15, 0.2) is 11.5 Å². The predicted molar refractivity (Wildman–Crippen MR) is 119 cm³/mol. The fourth-order valence-electron chi connectivity index (χ4n) is 4.26. The van der Waals surface area contributed by atoms with Gasteiger partial charge in [-0.15, -0.1) is 0 Å². The first-order valence-electron chi connectivity index (χ1n) is 10.5. The molecule has 0 aromatic heterocycles. The average Bonchev–Trinajstić information content (AvgIpc) is 3.26. The van der Waals surface area contributed by atoms with E-state index in [1.165, 1.54) is 29.5 Å². The molecule has 4 rings (SSSR count). The number of halogens is 1. The van der Waals surface area contributed by atoms with Crippen LogP contribution in [0.15, 0.2) is 72.8 Å². The van der Waals surface area contributed by atoms with Gasteiger partial charge in [-0.3, -0.25) is 0 Å². The van der Waals surface area contributed by atoms with Gasteiger partial charge in [0, 0.05) is 11.6 Å². The third kappa shape index (κ3) is 6.88. The molecule has 0 aliphatic heterocycles. The van der Waals surface area contributed by atoms with Crippen molar-refractivity contribution in [1.29, 1.82) is 0 Å². The quantitative estimate of drug-likeness (QED) is 0.262. The number of rotatable bonds is 7. The maximum Gasteiger partial charge on any atom is 1.00 e. The Morgan fingerprint density at radius 2 is 1.61 bits per heavy atom.